The molecule has 1 unspecified atom stereocenters. The molecule has 104 valence electrons. The van der Waals surface area contributed by atoms with E-state index in [1.54, 1.807) is 6.92 Å². The quantitative estimate of drug-likeness (QED) is 0.781. The number of nitrogens with one attached hydrogen (secondary N) is 1. The molecule has 1 aromatic carbocycles. The number of carbonyl (C=O) groups is 1. The largest absolute Gasteiger partial charge is 0.443 e. The van der Waals surface area contributed by atoms with Crippen LogP contribution in [0.5, 0.6) is 0 Å². The molecule has 0 aliphatic carbocycles. The average Bonchev–Trinajstić information content (AvgIpc) is 2.44. The molecule has 1 heterocycles. The van der Waals surface area contributed by atoms with Crippen molar-refractivity contribution in [2.45, 2.75) is 32.3 Å². The van der Waals surface area contributed by atoms with Gasteiger partial charge in [-0.05, 0) is 5.56 Å². The maximum absolute atomic E-state index is 11.4. The zero-order valence-electron chi connectivity index (χ0n) is 11.2. The molecule has 5 nitrogen and oxygen atoms in total. The number of hydrogen-bond acceptors (Lipinski definition) is 5. The van der Waals surface area contributed by atoms with Crippen LogP contribution in [0.1, 0.15) is 18.9 Å². The number of esters is 1. The van der Waals surface area contributed by atoms with Gasteiger partial charge in [0.25, 0.3) is 0 Å². The third-order valence-corrected chi connectivity index (χ3v) is 3.25. The van der Waals surface area contributed by atoms with Crippen molar-refractivity contribution < 1.29 is 9.53 Å². The Hall–Kier alpha value is -1.43. The minimum Gasteiger partial charge on any atom is -0.443 e. The van der Waals surface area contributed by atoms with E-state index in [9.17, 15) is 4.79 Å². The fourth-order valence-electron chi connectivity index (χ4n) is 2.15. The minimum absolute atomic E-state index is 0.227. The Morgan fingerprint density at radius 1 is 1.47 bits per heavy atom. The molecule has 0 radical (unpaired) electrons. The first-order valence-electron chi connectivity index (χ1n) is 6.67. The third-order valence-electron chi connectivity index (χ3n) is 3.25. The van der Waals surface area contributed by atoms with Crippen LogP contribution in [0, 0.1) is 0 Å². The first kappa shape index (κ1) is 14.0. The molecule has 0 spiro atoms. The Balaban J connectivity index is 1.96. The number of piperazine rings is 1. The van der Waals surface area contributed by atoms with Gasteiger partial charge in [-0.2, -0.15) is 0 Å². The molecule has 0 aromatic heterocycles. The number of carbonyl (C=O) groups excluding carboxylic acids is 1. The van der Waals surface area contributed by atoms with Gasteiger partial charge in [0.15, 0.2) is 6.23 Å². The molecule has 2 rings (SSSR count). The monoisotopic (exact) mass is 263 g/mol. The van der Waals surface area contributed by atoms with E-state index >= 15 is 0 Å². The fourth-order valence-corrected chi connectivity index (χ4v) is 2.15. The molecule has 19 heavy (non-hydrogen) atoms. The number of rotatable bonds is 4. The smallest absolute Gasteiger partial charge is 0.307 e. The van der Waals surface area contributed by atoms with Crippen molar-refractivity contribution in [3.8, 4) is 0 Å². The van der Waals surface area contributed by atoms with E-state index in [1.165, 1.54) is 5.56 Å². The van der Waals surface area contributed by atoms with E-state index in [2.05, 4.69) is 22.3 Å². The molecule has 0 amide bonds. The Morgan fingerprint density at radius 2 is 2.21 bits per heavy atom. The second-order valence-corrected chi connectivity index (χ2v) is 4.66. The van der Waals surface area contributed by atoms with Crippen molar-refractivity contribution in [1.82, 2.24) is 10.2 Å². The second-order valence-electron chi connectivity index (χ2n) is 4.66. The van der Waals surface area contributed by atoms with Gasteiger partial charge in [0.1, 0.15) is 6.17 Å². The van der Waals surface area contributed by atoms with E-state index in [0.717, 1.165) is 19.6 Å². The van der Waals surface area contributed by atoms with Crippen molar-refractivity contribution in [1.29, 1.82) is 0 Å². The van der Waals surface area contributed by atoms with Gasteiger partial charge in [-0.1, -0.05) is 37.3 Å². The van der Waals surface area contributed by atoms with Gasteiger partial charge in [0, 0.05) is 26.1 Å². The first-order chi connectivity index (χ1) is 9.20. The molecular formula is C14H21N3O2. The standard InChI is InChI=1S/C14H21N3O2/c1-2-12(18)19-14-13(15)17(9-8-16-14)10-11-6-4-3-5-7-11/h3-7,13-14,16H,2,8-10,15H2,1H3/t13-,14?/m0/s1. The van der Waals surface area contributed by atoms with Crippen LogP contribution in [0.2, 0.25) is 0 Å². The fraction of sp³-hybridized carbons (Fsp3) is 0.500. The molecule has 1 fully saturated rings. The molecule has 1 aliphatic heterocycles. The van der Waals surface area contributed by atoms with Crippen LogP contribution < -0.4 is 11.1 Å². The van der Waals surface area contributed by atoms with E-state index < -0.39 is 6.23 Å². The van der Waals surface area contributed by atoms with Gasteiger partial charge in [-0.3, -0.25) is 15.0 Å². The molecule has 3 N–H and O–H groups in total. The van der Waals surface area contributed by atoms with Gasteiger partial charge in [0.2, 0.25) is 0 Å². The van der Waals surface area contributed by atoms with Crippen LogP contribution in [0.15, 0.2) is 30.3 Å². The SMILES string of the molecule is CCC(=O)OC1NCCN(Cc2ccccc2)[C@@H]1N. The van der Waals surface area contributed by atoms with E-state index in [0.29, 0.717) is 6.42 Å². The van der Waals surface area contributed by atoms with Crippen molar-refractivity contribution in [3.63, 3.8) is 0 Å². The highest BCUT2D eigenvalue weighted by Gasteiger charge is 2.30. The van der Waals surface area contributed by atoms with E-state index in [-0.39, 0.29) is 12.1 Å². The number of nitrogens with zero attached hydrogens (tertiary/aromatic N) is 1. The summed E-state index contributed by atoms with van der Waals surface area (Å²) in [5.41, 5.74) is 7.37. The van der Waals surface area contributed by atoms with Crippen LogP contribution in [0.25, 0.3) is 0 Å². The lowest BCUT2D eigenvalue weighted by Gasteiger charge is -2.38. The normalized spacial score (nSPS) is 24.1. The zero-order valence-corrected chi connectivity index (χ0v) is 11.2. The van der Waals surface area contributed by atoms with Crippen molar-refractivity contribution in [2.75, 3.05) is 13.1 Å². The summed E-state index contributed by atoms with van der Waals surface area (Å²) in [7, 11) is 0. The van der Waals surface area contributed by atoms with Gasteiger partial charge < -0.3 is 10.5 Å². The maximum Gasteiger partial charge on any atom is 0.307 e. The summed E-state index contributed by atoms with van der Waals surface area (Å²) in [5.74, 6) is -0.227. The van der Waals surface area contributed by atoms with E-state index in [1.807, 2.05) is 18.2 Å². The van der Waals surface area contributed by atoms with Gasteiger partial charge in [-0.25, -0.2) is 0 Å². The van der Waals surface area contributed by atoms with Crippen LogP contribution in [-0.4, -0.2) is 36.4 Å². The Kier molecular flexibility index (Phi) is 4.90. The topological polar surface area (TPSA) is 67.6 Å². The lowest BCUT2D eigenvalue weighted by Crippen LogP contribution is -2.62. The highest BCUT2D eigenvalue weighted by Crippen LogP contribution is 2.12. The van der Waals surface area contributed by atoms with Gasteiger partial charge >= 0.3 is 5.97 Å². The lowest BCUT2D eigenvalue weighted by molar-refractivity contribution is -0.157. The summed E-state index contributed by atoms with van der Waals surface area (Å²) in [4.78, 5) is 13.5. The molecule has 1 aliphatic rings. The highest BCUT2D eigenvalue weighted by molar-refractivity contribution is 5.69. The Bertz CT molecular complexity index is 410. The maximum atomic E-state index is 11.4. The van der Waals surface area contributed by atoms with Gasteiger partial charge in [-0.15, -0.1) is 0 Å². The van der Waals surface area contributed by atoms with Gasteiger partial charge in [0.05, 0.1) is 0 Å². The summed E-state index contributed by atoms with van der Waals surface area (Å²) in [5, 5.41) is 3.14. The first-order valence-corrected chi connectivity index (χ1v) is 6.67. The van der Waals surface area contributed by atoms with Crippen LogP contribution in [-0.2, 0) is 16.1 Å². The average molecular weight is 263 g/mol. The molecule has 5 heteroatoms. The number of ether oxygens (including phenoxy) is 1. The predicted molar refractivity (Wildman–Crippen MR) is 73.0 cm³/mol. The molecule has 1 aromatic rings. The predicted octanol–water partition coefficient (Wildman–Crippen LogP) is 0.656. The van der Waals surface area contributed by atoms with E-state index in [4.69, 9.17) is 10.5 Å². The molecule has 0 saturated carbocycles. The molecule has 2 atom stereocenters. The number of benzene rings is 1. The van der Waals surface area contributed by atoms with Crippen molar-refractivity contribution in [3.05, 3.63) is 35.9 Å². The molecule has 0 bridgehead atoms. The minimum atomic E-state index is -0.426. The second kappa shape index (κ2) is 6.65. The number of hydrogen-bond donors (Lipinski definition) is 2. The number of nitrogens with two attached hydrogens (primary N) is 1. The third kappa shape index (κ3) is 3.76. The lowest BCUT2D eigenvalue weighted by atomic mass is 10.2. The highest BCUT2D eigenvalue weighted by atomic mass is 16.6. The molecular weight excluding hydrogens is 242 g/mol. The van der Waals surface area contributed by atoms with Crippen LogP contribution in [0.3, 0.4) is 0 Å². The summed E-state index contributed by atoms with van der Waals surface area (Å²) in [6.45, 7) is 4.15. The summed E-state index contributed by atoms with van der Waals surface area (Å²) in [6, 6.07) is 10.2. The van der Waals surface area contributed by atoms with Crippen LogP contribution >= 0.6 is 0 Å². The summed E-state index contributed by atoms with van der Waals surface area (Å²) < 4.78 is 5.30. The Labute approximate surface area is 113 Å². The zero-order chi connectivity index (χ0) is 13.7. The van der Waals surface area contributed by atoms with Crippen molar-refractivity contribution >= 4 is 5.97 Å². The molecule has 1 saturated heterocycles. The van der Waals surface area contributed by atoms with Crippen molar-refractivity contribution in [2.24, 2.45) is 5.73 Å². The summed E-state index contributed by atoms with van der Waals surface area (Å²) >= 11 is 0. The van der Waals surface area contributed by atoms with Crippen LogP contribution in [0.4, 0.5) is 0 Å². The summed E-state index contributed by atoms with van der Waals surface area (Å²) in [6.07, 6.45) is -0.377. The Morgan fingerprint density at radius 3 is 2.89 bits per heavy atom.